The zero-order valence-electron chi connectivity index (χ0n) is 11.4. The van der Waals surface area contributed by atoms with Gasteiger partial charge in [-0.15, -0.1) is 0 Å². The van der Waals surface area contributed by atoms with E-state index in [9.17, 15) is 31.1 Å². The minimum atomic E-state index is -5.28. The second kappa shape index (κ2) is 6.41. The molecular weight excluding hydrogens is 320 g/mol. The predicted octanol–water partition coefficient (Wildman–Crippen LogP) is 3.69. The van der Waals surface area contributed by atoms with E-state index >= 15 is 0 Å². The highest BCUT2D eigenvalue weighted by Gasteiger charge is 2.44. The third kappa shape index (κ3) is 4.01. The largest absolute Gasteiger partial charge is 0.493 e. The monoisotopic (exact) mass is 331 g/mol. The van der Waals surface area contributed by atoms with Gasteiger partial charge in [-0.05, 0) is 13.8 Å². The van der Waals surface area contributed by atoms with Gasteiger partial charge in [0, 0.05) is 6.07 Å². The van der Waals surface area contributed by atoms with E-state index in [-0.39, 0.29) is 19.3 Å². The molecule has 0 saturated heterocycles. The molecule has 1 aromatic heterocycles. The molecule has 0 fully saturated rings. The van der Waals surface area contributed by atoms with Crippen LogP contribution in [0.4, 0.5) is 26.3 Å². The van der Waals surface area contributed by atoms with Gasteiger partial charge in [-0.25, -0.2) is 9.78 Å². The number of rotatable bonds is 4. The summed E-state index contributed by atoms with van der Waals surface area (Å²) >= 11 is 0. The van der Waals surface area contributed by atoms with Crippen LogP contribution in [0.25, 0.3) is 0 Å². The molecule has 0 unspecified atom stereocenters. The third-order valence-electron chi connectivity index (χ3n) is 2.32. The lowest BCUT2D eigenvalue weighted by atomic mass is 10.1. The van der Waals surface area contributed by atoms with E-state index in [2.05, 4.69) is 9.72 Å². The van der Waals surface area contributed by atoms with Gasteiger partial charge in [0.25, 0.3) is 0 Å². The summed E-state index contributed by atoms with van der Waals surface area (Å²) in [6.07, 6.45) is -10.4. The van der Waals surface area contributed by atoms with E-state index in [1.54, 1.807) is 0 Å². The fourth-order valence-electron chi connectivity index (χ4n) is 1.54. The van der Waals surface area contributed by atoms with E-state index in [1.165, 1.54) is 13.8 Å². The molecule has 22 heavy (non-hydrogen) atoms. The first-order valence-electron chi connectivity index (χ1n) is 6.01. The first kappa shape index (κ1) is 18.1. The summed E-state index contributed by atoms with van der Waals surface area (Å²) in [6.45, 7) is 2.17. The second-order valence-corrected chi connectivity index (χ2v) is 3.88. The molecule has 0 radical (unpaired) electrons. The number of hydrogen-bond acceptors (Lipinski definition) is 4. The van der Waals surface area contributed by atoms with Crippen LogP contribution in [0, 0.1) is 0 Å². The predicted molar refractivity (Wildman–Crippen MR) is 61.4 cm³/mol. The van der Waals surface area contributed by atoms with Crippen LogP contribution in [0.1, 0.15) is 35.6 Å². The van der Waals surface area contributed by atoms with Crippen molar-refractivity contribution >= 4 is 5.97 Å². The van der Waals surface area contributed by atoms with Gasteiger partial charge in [-0.3, -0.25) is 0 Å². The van der Waals surface area contributed by atoms with Crippen LogP contribution in [-0.4, -0.2) is 24.2 Å². The van der Waals surface area contributed by atoms with Crippen LogP contribution in [0.2, 0.25) is 0 Å². The van der Waals surface area contributed by atoms with Gasteiger partial charge in [0.1, 0.15) is 17.0 Å². The molecule has 0 aliphatic carbocycles. The van der Waals surface area contributed by atoms with E-state index in [4.69, 9.17) is 4.74 Å². The first-order chi connectivity index (χ1) is 10.0. The second-order valence-electron chi connectivity index (χ2n) is 3.88. The lowest BCUT2D eigenvalue weighted by Gasteiger charge is -2.17. The summed E-state index contributed by atoms with van der Waals surface area (Å²) in [7, 11) is 0. The summed E-state index contributed by atoms with van der Waals surface area (Å²) < 4.78 is 86.0. The number of esters is 1. The van der Waals surface area contributed by atoms with Crippen molar-refractivity contribution in [3.63, 3.8) is 0 Å². The topological polar surface area (TPSA) is 48.4 Å². The molecule has 4 nitrogen and oxygen atoms in total. The summed E-state index contributed by atoms with van der Waals surface area (Å²) in [4.78, 5) is 14.2. The molecule has 0 aliphatic heterocycles. The normalized spacial score (nSPS) is 12.2. The molecule has 1 rings (SSSR count). The van der Waals surface area contributed by atoms with Crippen molar-refractivity contribution in [1.82, 2.24) is 4.98 Å². The number of nitrogens with zero attached hydrogens (tertiary/aromatic N) is 1. The van der Waals surface area contributed by atoms with Crippen LogP contribution in [-0.2, 0) is 17.1 Å². The van der Waals surface area contributed by atoms with Crippen molar-refractivity contribution in [2.24, 2.45) is 0 Å². The lowest BCUT2D eigenvalue weighted by molar-refractivity contribution is -0.150. The molecule has 1 aromatic rings. The number of alkyl halides is 6. The number of halogens is 6. The summed E-state index contributed by atoms with van der Waals surface area (Å²) in [5.41, 5.74) is -4.98. The number of carbonyl (C=O) groups is 1. The fraction of sp³-hybridized carbons (Fsp3) is 0.500. The average Bonchev–Trinajstić information content (AvgIpc) is 2.36. The molecule has 10 heteroatoms. The molecular formula is C12H11F6NO3. The summed E-state index contributed by atoms with van der Waals surface area (Å²) in [5.74, 6) is -2.34. The van der Waals surface area contributed by atoms with Crippen molar-refractivity contribution in [2.45, 2.75) is 26.2 Å². The van der Waals surface area contributed by atoms with Crippen LogP contribution in [0.5, 0.6) is 5.75 Å². The Morgan fingerprint density at radius 3 is 2.09 bits per heavy atom. The average molecular weight is 331 g/mol. The Labute approximate surface area is 121 Å². The van der Waals surface area contributed by atoms with Crippen molar-refractivity contribution in [3.05, 3.63) is 23.0 Å². The zero-order chi connectivity index (χ0) is 17.1. The number of aromatic nitrogens is 1. The van der Waals surface area contributed by atoms with Gasteiger partial charge in [0.15, 0.2) is 5.69 Å². The molecule has 0 N–H and O–H groups in total. The summed E-state index contributed by atoms with van der Waals surface area (Å²) in [5, 5.41) is 0. The Hall–Kier alpha value is -2.00. The first-order valence-corrected chi connectivity index (χ1v) is 6.01. The molecule has 0 bridgehead atoms. The number of pyridine rings is 1. The van der Waals surface area contributed by atoms with E-state index in [1.807, 2.05) is 0 Å². The van der Waals surface area contributed by atoms with E-state index in [0.717, 1.165) is 0 Å². The highest BCUT2D eigenvalue weighted by Crippen LogP contribution is 2.39. The van der Waals surface area contributed by atoms with Crippen LogP contribution < -0.4 is 4.74 Å². The zero-order valence-corrected chi connectivity index (χ0v) is 11.4. The van der Waals surface area contributed by atoms with Crippen LogP contribution >= 0.6 is 0 Å². The van der Waals surface area contributed by atoms with Gasteiger partial charge in [-0.1, -0.05) is 0 Å². The minimum absolute atomic E-state index is 0.241. The highest BCUT2D eigenvalue weighted by molar-refractivity contribution is 5.94. The molecule has 0 spiro atoms. The standard InChI is InChI=1S/C12H11F6NO3/c1-3-21-6-5-7(11(13,14)15)19-9(12(16,17)18)8(6)10(20)22-4-2/h5H,3-4H2,1-2H3. The highest BCUT2D eigenvalue weighted by atomic mass is 19.4. The minimum Gasteiger partial charge on any atom is -0.493 e. The summed E-state index contributed by atoms with van der Waals surface area (Å²) in [6, 6.07) is 0.241. The molecule has 0 atom stereocenters. The third-order valence-corrected chi connectivity index (χ3v) is 2.32. The Morgan fingerprint density at radius 1 is 1.09 bits per heavy atom. The lowest BCUT2D eigenvalue weighted by Crippen LogP contribution is -2.22. The van der Waals surface area contributed by atoms with E-state index < -0.39 is 41.0 Å². The molecule has 0 saturated carbocycles. The quantitative estimate of drug-likeness (QED) is 0.624. The fourth-order valence-corrected chi connectivity index (χ4v) is 1.54. The van der Waals surface area contributed by atoms with Crippen molar-refractivity contribution in [3.8, 4) is 5.75 Å². The Balaban J connectivity index is 3.66. The number of hydrogen-bond donors (Lipinski definition) is 0. The van der Waals surface area contributed by atoms with Crippen molar-refractivity contribution in [2.75, 3.05) is 13.2 Å². The maximum Gasteiger partial charge on any atom is 0.434 e. The Bertz CT molecular complexity index is 553. The van der Waals surface area contributed by atoms with Crippen molar-refractivity contribution < 1.29 is 40.6 Å². The Morgan fingerprint density at radius 2 is 1.68 bits per heavy atom. The molecule has 0 aliphatic rings. The smallest absolute Gasteiger partial charge is 0.434 e. The van der Waals surface area contributed by atoms with Crippen LogP contribution in [0.3, 0.4) is 0 Å². The van der Waals surface area contributed by atoms with E-state index in [0.29, 0.717) is 0 Å². The number of ether oxygens (including phenoxy) is 2. The SMILES string of the molecule is CCOC(=O)c1c(OCC)cc(C(F)(F)F)nc1C(F)(F)F. The molecule has 0 aromatic carbocycles. The Kier molecular flexibility index (Phi) is 5.26. The van der Waals surface area contributed by atoms with Gasteiger partial charge < -0.3 is 9.47 Å². The van der Waals surface area contributed by atoms with Crippen LogP contribution in [0.15, 0.2) is 6.07 Å². The molecule has 0 amide bonds. The van der Waals surface area contributed by atoms with Crippen molar-refractivity contribution in [1.29, 1.82) is 0 Å². The molecule has 1 heterocycles. The van der Waals surface area contributed by atoms with Gasteiger partial charge in [-0.2, -0.15) is 26.3 Å². The van der Waals surface area contributed by atoms with Gasteiger partial charge >= 0.3 is 18.3 Å². The number of carbonyl (C=O) groups excluding carboxylic acids is 1. The van der Waals surface area contributed by atoms with Gasteiger partial charge in [0.2, 0.25) is 0 Å². The van der Waals surface area contributed by atoms with Gasteiger partial charge in [0.05, 0.1) is 13.2 Å². The maximum atomic E-state index is 12.9. The maximum absolute atomic E-state index is 12.9. The molecule has 124 valence electrons.